The third kappa shape index (κ3) is 3.55. The smallest absolute Gasteiger partial charge is 0.238 e. The first-order chi connectivity index (χ1) is 10.2. The summed E-state index contributed by atoms with van der Waals surface area (Å²) in [6.45, 7) is -0.534. The molecule has 9 nitrogen and oxygen atoms in total. The van der Waals surface area contributed by atoms with E-state index in [1.807, 2.05) is 0 Å². The van der Waals surface area contributed by atoms with Gasteiger partial charge in [-0.25, -0.2) is 13.6 Å². The van der Waals surface area contributed by atoms with Crippen LogP contribution in [-0.2, 0) is 14.8 Å². The molecule has 7 N–H and O–H groups in total. The minimum atomic E-state index is -3.81. The highest BCUT2D eigenvalue weighted by atomic mass is 32.2. The van der Waals surface area contributed by atoms with Gasteiger partial charge in [0.05, 0.1) is 11.5 Å². The van der Waals surface area contributed by atoms with Crippen LogP contribution in [0.5, 0.6) is 0 Å². The number of rotatable bonds is 4. The van der Waals surface area contributed by atoms with Gasteiger partial charge in [-0.1, -0.05) is 0 Å². The SMILES string of the molecule is NS(=O)(=O)c1ccc(NC2O[C@H](CO)[C@@H](O)[C@H](O)[C@H]2O)cc1. The highest BCUT2D eigenvalue weighted by Gasteiger charge is 2.43. The molecule has 1 heterocycles. The molecule has 124 valence electrons. The van der Waals surface area contributed by atoms with Crippen LogP contribution in [0.4, 0.5) is 5.69 Å². The lowest BCUT2D eigenvalue weighted by Gasteiger charge is -2.40. The van der Waals surface area contributed by atoms with Crippen molar-refractivity contribution in [2.45, 2.75) is 35.5 Å². The van der Waals surface area contributed by atoms with Gasteiger partial charge in [0.25, 0.3) is 0 Å². The van der Waals surface area contributed by atoms with E-state index in [-0.39, 0.29) is 4.90 Å². The molecule has 1 aliphatic rings. The molecule has 0 radical (unpaired) electrons. The van der Waals surface area contributed by atoms with Gasteiger partial charge in [0, 0.05) is 5.69 Å². The molecule has 1 unspecified atom stereocenters. The van der Waals surface area contributed by atoms with Crippen LogP contribution < -0.4 is 10.5 Å². The van der Waals surface area contributed by atoms with Gasteiger partial charge in [0.15, 0.2) is 6.23 Å². The lowest BCUT2D eigenvalue weighted by molar-refractivity contribution is -0.221. The van der Waals surface area contributed by atoms with E-state index in [4.69, 9.17) is 15.0 Å². The van der Waals surface area contributed by atoms with Gasteiger partial charge in [-0.3, -0.25) is 0 Å². The minimum absolute atomic E-state index is 0.0770. The summed E-state index contributed by atoms with van der Waals surface area (Å²) in [6.07, 6.45) is -6.49. The number of aliphatic hydroxyl groups excluding tert-OH is 4. The maximum Gasteiger partial charge on any atom is 0.238 e. The molecular formula is C12H18N2O7S. The number of anilines is 1. The summed E-state index contributed by atoms with van der Waals surface area (Å²) in [5, 5.41) is 46.0. The lowest BCUT2D eigenvalue weighted by atomic mass is 9.98. The number of aliphatic hydroxyl groups is 4. The quantitative estimate of drug-likeness (QED) is 0.353. The largest absolute Gasteiger partial charge is 0.394 e. The summed E-state index contributed by atoms with van der Waals surface area (Å²) < 4.78 is 27.6. The molecule has 1 fully saturated rings. The Balaban J connectivity index is 2.12. The van der Waals surface area contributed by atoms with Crippen LogP contribution in [0.1, 0.15) is 0 Å². The Kier molecular flexibility index (Phi) is 5.02. The topological polar surface area (TPSA) is 162 Å². The Morgan fingerprint density at radius 3 is 2.18 bits per heavy atom. The second kappa shape index (κ2) is 6.46. The molecule has 1 aromatic rings. The van der Waals surface area contributed by atoms with Crippen molar-refractivity contribution in [1.82, 2.24) is 0 Å². The second-order valence-electron chi connectivity index (χ2n) is 4.96. The highest BCUT2D eigenvalue weighted by Crippen LogP contribution is 2.23. The molecule has 0 saturated carbocycles. The molecule has 5 atom stereocenters. The zero-order valence-electron chi connectivity index (χ0n) is 11.4. The highest BCUT2D eigenvalue weighted by molar-refractivity contribution is 7.89. The monoisotopic (exact) mass is 334 g/mol. The summed E-state index contributed by atoms with van der Waals surface area (Å²) >= 11 is 0. The van der Waals surface area contributed by atoms with Crippen molar-refractivity contribution in [2.24, 2.45) is 5.14 Å². The second-order valence-corrected chi connectivity index (χ2v) is 6.52. The van der Waals surface area contributed by atoms with E-state index in [9.17, 15) is 23.7 Å². The molecule has 1 aromatic carbocycles. The summed E-state index contributed by atoms with van der Waals surface area (Å²) in [5.41, 5.74) is 0.400. The third-order valence-electron chi connectivity index (χ3n) is 3.38. The van der Waals surface area contributed by atoms with Crippen molar-refractivity contribution in [3.63, 3.8) is 0 Å². The Hall–Kier alpha value is -1.27. The van der Waals surface area contributed by atoms with E-state index in [1.165, 1.54) is 24.3 Å². The number of benzene rings is 1. The number of nitrogens with one attached hydrogen (secondary N) is 1. The first-order valence-corrected chi connectivity index (χ1v) is 7.98. The van der Waals surface area contributed by atoms with Gasteiger partial charge in [-0.2, -0.15) is 0 Å². The summed E-state index contributed by atoms with van der Waals surface area (Å²) in [5.74, 6) is 0. The van der Waals surface area contributed by atoms with Gasteiger partial charge in [-0.15, -0.1) is 0 Å². The maximum absolute atomic E-state index is 11.2. The number of sulfonamides is 1. The predicted octanol–water partition coefficient (Wildman–Crippen LogP) is -2.45. The van der Waals surface area contributed by atoms with E-state index < -0.39 is 47.3 Å². The van der Waals surface area contributed by atoms with Gasteiger partial charge in [0.1, 0.15) is 24.4 Å². The molecule has 0 amide bonds. The number of primary sulfonamides is 1. The fourth-order valence-electron chi connectivity index (χ4n) is 2.13. The van der Waals surface area contributed by atoms with Crippen molar-refractivity contribution in [3.05, 3.63) is 24.3 Å². The number of hydrogen-bond donors (Lipinski definition) is 6. The minimum Gasteiger partial charge on any atom is -0.394 e. The van der Waals surface area contributed by atoms with Crippen LogP contribution in [0.2, 0.25) is 0 Å². The Labute approximate surface area is 127 Å². The van der Waals surface area contributed by atoms with Crippen LogP contribution in [-0.4, -0.2) is 66.1 Å². The standard InChI is InChI=1S/C12H18N2O7S/c13-22(19,20)7-3-1-6(2-4-7)14-12-11(18)10(17)9(16)8(5-15)21-12/h1-4,8-12,14-18H,5H2,(H2,13,19,20)/t8-,9-,10+,11-,12?/m1/s1. The van der Waals surface area contributed by atoms with Crippen LogP contribution in [0.3, 0.4) is 0 Å². The normalized spacial score (nSPS) is 32.7. The number of hydrogen-bond acceptors (Lipinski definition) is 8. The molecular weight excluding hydrogens is 316 g/mol. The summed E-state index contributed by atoms with van der Waals surface area (Å²) in [6, 6.07) is 5.34. The van der Waals surface area contributed by atoms with Gasteiger partial charge < -0.3 is 30.5 Å². The van der Waals surface area contributed by atoms with E-state index in [2.05, 4.69) is 5.32 Å². The fraction of sp³-hybridized carbons (Fsp3) is 0.500. The van der Waals surface area contributed by atoms with Crippen molar-refractivity contribution in [3.8, 4) is 0 Å². The number of ether oxygens (including phenoxy) is 1. The fourth-order valence-corrected chi connectivity index (χ4v) is 2.64. The molecule has 0 aromatic heterocycles. The molecule has 1 saturated heterocycles. The van der Waals surface area contributed by atoms with E-state index in [1.54, 1.807) is 0 Å². The summed E-state index contributed by atoms with van der Waals surface area (Å²) in [7, 11) is -3.81. The Morgan fingerprint density at radius 2 is 1.68 bits per heavy atom. The van der Waals surface area contributed by atoms with Crippen molar-refractivity contribution >= 4 is 15.7 Å². The molecule has 10 heteroatoms. The van der Waals surface area contributed by atoms with Gasteiger partial charge in [0.2, 0.25) is 10.0 Å². The van der Waals surface area contributed by atoms with Crippen LogP contribution in [0.15, 0.2) is 29.2 Å². The van der Waals surface area contributed by atoms with Crippen molar-refractivity contribution in [2.75, 3.05) is 11.9 Å². The Morgan fingerprint density at radius 1 is 1.09 bits per heavy atom. The average molecular weight is 334 g/mol. The molecule has 0 aliphatic carbocycles. The zero-order chi connectivity index (χ0) is 16.5. The van der Waals surface area contributed by atoms with Crippen molar-refractivity contribution < 1.29 is 33.6 Å². The lowest BCUT2D eigenvalue weighted by Crippen LogP contribution is -2.60. The van der Waals surface area contributed by atoms with Crippen LogP contribution in [0.25, 0.3) is 0 Å². The molecule has 0 spiro atoms. The molecule has 2 rings (SSSR count). The predicted molar refractivity (Wildman–Crippen MR) is 75.2 cm³/mol. The van der Waals surface area contributed by atoms with Gasteiger partial charge in [-0.05, 0) is 24.3 Å². The van der Waals surface area contributed by atoms with Crippen LogP contribution >= 0.6 is 0 Å². The van der Waals surface area contributed by atoms with Crippen molar-refractivity contribution in [1.29, 1.82) is 0 Å². The molecule has 22 heavy (non-hydrogen) atoms. The molecule has 0 bridgehead atoms. The van der Waals surface area contributed by atoms with E-state index >= 15 is 0 Å². The van der Waals surface area contributed by atoms with Gasteiger partial charge >= 0.3 is 0 Å². The first-order valence-electron chi connectivity index (χ1n) is 6.44. The number of nitrogens with two attached hydrogens (primary N) is 1. The zero-order valence-corrected chi connectivity index (χ0v) is 12.2. The van der Waals surface area contributed by atoms with E-state index in [0.29, 0.717) is 5.69 Å². The average Bonchev–Trinajstić information content (AvgIpc) is 2.47. The summed E-state index contributed by atoms with van der Waals surface area (Å²) in [4.78, 5) is -0.0770. The molecule has 1 aliphatic heterocycles. The Bertz CT molecular complexity index is 604. The van der Waals surface area contributed by atoms with Crippen LogP contribution in [0, 0.1) is 0 Å². The third-order valence-corrected chi connectivity index (χ3v) is 4.31. The first kappa shape index (κ1) is 17.1. The maximum atomic E-state index is 11.2. The van der Waals surface area contributed by atoms with E-state index in [0.717, 1.165) is 0 Å².